The number of hydrogen-bond donors (Lipinski definition) is 2. The zero-order chi connectivity index (χ0) is 18.7. The number of anilines is 1. The van der Waals surface area contributed by atoms with Crippen molar-refractivity contribution in [2.45, 2.75) is 39.2 Å². The Hall–Kier alpha value is -3.09. The van der Waals surface area contributed by atoms with Crippen molar-refractivity contribution in [1.82, 2.24) is 9.97 Å². The van der Waals surface area contributed by atoms with E-state index in [1.54, 1.807) is 24.3 Å². The number of H-pyrrole nitrogens is 1. The normalized spacial score (nSPS) is 11.5. The molecule has 0 aliphatic carbocycles. The second kappa shape index (κ2) is 7.03. The summed E-state index contributed by atoms with van der Waals surface area (Å²) in [6.07, 6.45) is 0.782. The van der Waals surface area contributed by atoms with Crippen molar-refractivity contribution in [2.24, 2.45) is 0 Å². The molecule has 1 aromatic carbocycles. The highest BCUT2D eigenvalue weighted by Gasteiger charge is 2.13. The summed E-state index contributed by atoms with van der Waals surface area (Å²) in [5.74, 6) is -0.115. The van der Waals surface area contributed by atoms with Crippen LogP contribution in [-0.4, -0.2) is 21.5 Å². The lowest BCUT2D eigenvalue weighted by molar-refractivity contribution is -0.116. The third kappa shape index (κ3) is 4.72. The second-order valence-electron chi connectivity index (χ2n) is 6.96. The van der Waals surface area contributed by atoms with Crippen molar-refractivity contribution in [3.63, 3.8) is 0 Å². The fraction of sp³-hybridized carbons (Fsp3) is 0.316. The van der Waals surface area contributed by atoms with Gasteiger partial charge in [0.2, 0.25) is 11.8 Å². The van der Waals surface area contributed by atoms with E-state index in [0.717, 1.165) is 5.69 Å². The molecule has 2 N–H and O–H groups in total. The van der Waals surface area contributed by atoms with E-state index < -0.39 is 5.76 Å². The van der Waals surface area contributed by atoms with Gasteiger partial charge in [0.1, 0.15) is 5.60 Å². The van der Waals surface area contributed by atoms with E-state index in [9.17, 15) is 9.59 Å². The molecule has 0 unspecified atom stereocenters. The number of carbonyl (C=O) groups is 1. The number of nitrogens with zero attached hydrogens (tertiary/aromatic N) is 1. The van der Waals surface area contributed by atoms with Gasteiger partial charge in [-0.05, 0) is 51.5 Å². The summed E-state index contributed by atoms with van der Waals surface area (Å²) in [6, 6.07) is 10.5. The van der Waals surface area contributed by atoms with Gasteiger partial charge in [0, 0.05) is 23.9 Å². The molecule has 3 aromatic rings. The Balaban J connectivity index is 1.59. The highest BCUT2D eigenvalue weighted by atomic mass is 16.5. The number of hydrogen-bond acceptors (Lipinski definition) is 5. The van der Waals surface area contributed by atoms with E-state index in [0.29, 0.717) is 29.1 Å². The first-order valence-electron chi connectivity index (χ1n) is 8.36. The standard InChI is InChI=1S/C19H21N3O4/c1-19(2,3)26-17-6-4-5-12(21-17)8-10-16(23)20-13-7-9-15-14(11-13)22-18(24)25-15/h4-7,9,11H,8,10H2,1-3H3,(H,20,23)(H,22,24). The van der Waals surface area contributed by atoms with E-state index in [-0.39, 0.29) is 17.9 Å². The highest BCUT2D eigenvalue weighted by Crippen LogP contribution is 2.18. The number of aromatic amines is 1. The molecule has 2 aromatic heterocycles. The Morgan fingerprint density at radius 3 is 2.85 bits per heavy atom. The molecule has 3 rings (SSSR count). The zero-order valence-corrected chi connectivity index (χ0v) is 15.0. The molecule has 0 aliphatic rings. The monoisotopic (exact) mass is 355 g/mol. The van der Waals surface area contributed by atoms with Gasteiger partial charge >= 0.3 is 5.76 Å². The summed E-state index contributed by atoms with van der Waals surface area (Å²) < 4.78 is 10.7. The maximum absolute atomic E-state index is 12.2. The molecule has 0 radical (unpaired) electrons. The van der Waals surface area contributed by atoms with Crippen LogP contribution < -0.4 is 15.8 Å². The number of benzene rings is 1. The molecule has 0 bridgehead atoms. The molecule has 26 heavy (non-hydrogen) atoms. The quantitative estimate of drug-likeness (QED) is 0.732. The number of nitrogens with one attached hydrogen (secondary N) is 2. The number of fused-ring (bicyclic) bond motifs is 1. The van der Waals surface area contributed by atoms with Gasteiger partial charge in [0.05, 0.1) is 5.52 Å². The first-order valence-corrected chi connectivity index (χ1v) is 8.36. The van der Waals surface area contributed by atoms with Crippen LogP contribution in [-0.2, 0) is 11.2 Å². The number of pyridine rings is 1. The number of amides is 1. The van der Waals surface area contributed by atoms with Gasteiger partial charge in [-0.15, -0.1) is 0 Å². The van der Waals surface area contributed by atoms with Crippen molar-refractivity contribution in [3.05, 3.63) is 52.6 Å². The molecule has 0 saturated heterocycles. The molecule has 0 fully saturated rings. The Morgan fingerprint density at radius 1 is 1.27 bits per heavy atom. The van der Waals surface area contributed by atoms with Crippen LogP contribution in [0, 0.1) is 0 Å². The van der Waals surface area contributed by atoms with Crippen LogP contribution in [0.4, 0.5) is 5.69 Å². The summed E-state index contributed by atoms with van der Waals surface area (Å²) in [5, 5.41) is 2.80. The van der Waals surface area contributed by atoms with E-state index in [1.807, 2.05) is 32.9 Å². The summed E-state index contributed by atoms with van der Waals surface area (Å²) in [4.78, 5) is 30.3. The fourth-order valence-corrected chi connectivity index (χ4v) is 2.46. The SMILES string of the molecule is CC(C)(C)Oc1cccc(CCC(=O)Nc2ccc3oc(=O)[nH]c3c2)n1. The zero-order valence-electron chi connectivity index (χ0n) is 15.0. The fourth-order valence-electron chi connectivity index (χ4n) is 2.46. The predicted molar refractivity (Wildman–Crippen MR) is 98.4 cm³/mol. The molecule has 0 atom stereocenters. The topological polar surface area (TPSA) is 97.2 Å². The molecule has 7 heteroatoms. The van der Waals surface area contributed by atoms with Crippen LogP contribution >= 0.6 is 0 Å². The van der Waals surface area contributed by atoms with Crippen LogP contribution in [0.5, 0.6) is 5.88 Å². The third-order valence-corrected chi connectivity index (χ3v) is 3.50. The van der Waals surface area contributed by atoms with Gasteiger partial charge in [-0.1, -0.05) is 6.07 Å². The lowest BCUT2D eigenvalue weighted by atomic mass is 10.2. The first-order chi connectivity index (χ1) is 12.3. The number of rotatable bonds is 5. The van der Waals surface area contributed by atoms with Crippen LogP contribution in [0.2, 0.25) is 0 Å². The largest absolute Gasteiger partial charge is 0.472 e. The van der Waals surface area contributed by atoms with Crippen LogP contribution in [0.1, 0.15) is 32.9 Å². The van der Waals surface area contributed by atoms with Gasteiger partial charge in [-0.25, -0.2) is 9.78 Å². The van der Waals surface area contributed by atoms with Gasteiger partial charge in [0.25, 0.3) is 0 Å². The number of aromatic nitrogens is 2. The molecule has 7 nitrogen and oxygen atoms in total. The molecular weight excluding hydrogens is 334 g/mol. The average molecular weight is 355 g/mol. The number of carbonyl (C=O) groups excluding carboxylic acids is 1. The lowest BCUT2D eigenvalue weighted by Crippen LogP contribution is -2.23. The van der Waals surface area contributed by atoms with Crippen molar-refractivity contribution in [3.8, 4) is 5.88 Å². The van der Waals surface area contributed by atoms with Gasteiger partial charge in [-0.3, -0.25) is 9.78 Å². The minimum Gasteiger partial charge on any atom is -0.472 e. The van der Waals surface area contributed by atoms with E-state index in [2.05, 4.69) is 15.3 Å². The summed E-state index contributed by atoms with van der Waals surface area (Å²) in [6.45, 7) is 5.87. The molecule has 0 saturated carbocycles. The molecule has 2 heterocycles. The predicted octanol–water partition coefficient (Wildman–Crippen LogP) is 3.26. The van der Waals surface area contributed by atoms with Gasteiger partial charge in [-0.2, -0.15) is 0 Å². The Bertz CT molecular complexity index is 982. The Morgan fingerprint density at radius 2 is 2.08 bits per heavy atom. The second-order valence-corrected chi connectivity index (χ2v) is 6.96. The van der Waals surface area contributed by atoms with E-state index in [4.69, 9.17) is 9.15 Å². The van der Waals surface area contributed by atoms with Crippen LogP contribution in [0.25, 0.3) is 11.1 Å². The summed E-state index contributed by atoms with van der Waals surface area (Å²) in [7, 11) is 0. The van der Waals surface area contributed by atoms with Crippen molar-refractivity contribution >= 4 is 22.7 Å². The molecule has 1 amide bonds. The summed E-state index contributed by atoms with van der Waals surface area (Å²) in [5.41, 5.74) is 2.05. The van der Waals surface area contributed by atoms with Gasteiger partial charge in [0.15, 0.2) is 5.58 Å². The van der Waals surface area contributed by atoms with Crippen LogP contribution in [0.15, 0.2) is 45.6 Å². The number of ether oxygens (including phenoxy) is 1. The van der Waals surface area contributed by atoms with Crippen LogP contribution in [0.3, 0.4) is 0 Å². The lowest BCUT2D eigenvalue weighted by Gasteiger charge is -2.20. The van der Waals surface area contributed by atoms with E-state index in [1.165, 1.54) is 0 Å². The molecular formula is C19H21N3O4. The maximum Gasteiger partial charge on any atom is 0.417 e. The third-order valence-electron chi connectivity index (χ3n) is 3.50. The van der Waals surface area contributed by atoms with Crippen molar-refractivity contribution < 1.29 is 13.9 Å². The van der Waals surface area contributed by atoms with Gasteiger partial charge < -0.3 is 14.5 Å². The number of aryl methyl sites for hydroxylation is 1. The first kappa shape index (κ1) is 17.7. The highest BCUT2D eigenvalue weighted by molar-refractivity contribution is 5.92. The average Bonchev–Trinajstić information content (AvgIpc) is 2.91. The van der Waals surface area contributed by atoms with Crippen molar-refractivity contribution in [2.75, 3.05) is 5.32 Å². The van der Waals surface area contributed by atoms with E-state index >= 15 is 0 Å². The molecule has 0 spiro atoms. The molecule has 0 aliphatic heterocycles. The minimum atomic E-state index is -0.521. The summed E-state index contributed by atoms with van der Waals surface area (Å²) >= 11 is 0. The Kier molecular flexibility index (Phi) is 4.79. The number of oxazole rings is 1. The van der Waals surface area contributed by atoms with Crippen molar-refractivity contribution in [1.29, 1.82) is 0 Å². The molecule has 136 valence electrons. The minimum absolute atomic E-state index is 0.140. The Labute approximate surface area is 150 Å². The smallest absolute Gasteiger partial charge is 0.417 e. The maximum atomic E-state index is 12.2.